The van der Waals surface area contributed by atoms with E-state index in [0.717, 1.165) is 30.5 Å². The maximum absolute atomic E-state index is 13.3. The van der Waals surface area contributed by atoms with Crippen LogP contribution in [0, 0.1) is 0 Å². The summed E-state index contributed by atoms with van der Waals surface area (Å²) in [5, 5.41) is 3.77. The van der Waals surface area contributed by atoms with Crippen LogP contribution in [-0.4, -0.2) is 9.97 Å². The van der Waals surface area contributed by atoms with Crippen molar-refractivity contribution in [3.8, 4) is 0 Å². The number of aromatic amines is 1. The molecule has 0 aliphatic heterocycles. The van der Waals surface area contributed by atoms with Crippen LogP contribution >= 0.6 is 7.26 Å². The highest BCUT2D eigenvalue weighted by Crippen LogP contribution is 2.58. The molecular formula is C33H33BrN3OP. The van der Waals surface area contributed by atoms with E-state index in [2.05, 4.69) is 120 Å². The van der Waals surface area contributed by atoms with Gasteiger partial charge in [-0.2, -0.15) is 0 Å². The predicted molar refractivity (Wildman–Crippen MR) is 161 cm³/mol. The van der Waals surface area contributed by atoms with Crippen molar-refractivity contribution in [1.82, 2.24) is 9.97 Å². The Kier molecular flexibility index (Phi) is 9.86. The van der Waals surface area contributed by atoms with Crippen molar-refractivity contribution in [3.05, 3.63) is 149 Å². The molecule has 4 nitrogen and oxygen atoms in total. The lowest BCUT2D eigenvalue weighted by molar-refractivity contribution is -0.00000779. The quantitative estimate of drug-likeness (QED) is 0.192. The van der Waals surface area contributed by atoms with Gasteiger partial charge < -0.3 is 22.7 Å². The fourth-order valence-corrected chi connectivity index (χ4v) is 9.42. The number of aromatic nitrogens is 2. The number of rotatable bonds is 10. The standard InChI is InChI=1S/C33H32N3OP.BrH/c34-33-35-31(30(32(37)36-33)24-14-13-17-26-15-5-1-6-16-26)25-38(27-18-7-2-8-19-27,28-20-9-3-10-21-28)29-22-11-4-12-23-29;/h1-12,15-16,18-23H,13-14,17,24-25H2,(H2-,34,35,36,37);1H. The lowest BCUT2D eigenvalue weighted by Gasteiger charge is -2.28. The molecule has 4 aromatic carbocycles. The number of nitrogens with one attached hydrogen (secondary N) is 1. The van der Waals surface area contributed by atoms with E-state index >= 15 is 0 Å². The summed E-state index contributed by atoms with van der Waals surface area (Å²) in [5.74, 6) is 0.172. The van der Waals surface area contributed by atoms with Gasteiger partial charge >= 0.3 is 0 Å². The molecule has 0 bridgehead atoms. The Labute approximate surface area is 241 Å². The van der Waals surface area contributed by atoms with Crippen molar-refractivity contribution in [1.29, 1.82) is 0 Å². The van der Waals surface area contributed by atoms with Gasteiger partial charge in [0.05, 0.1) is 5.69 Å². The normalized spacial score (nSPS) is 11.1. The van der Waals surface area contributed by atoms with Crippen LogP contribution in [0.3, 0.4) is 0 Å². The van der Waals surface area contributed by atoms with E-state index in [4.69, 9.17) is 10.7 Å². The summed E-state index contributed by atoms with van der Waals surface area (Å²) in [7, 11) is -2.20. The minimum Gasteiger partial charge on any atom is -1.00 e. The van der Waals surface area contributed by atoms with Gasteiger partial charge in [0.1, 0.15) is 29.3 Å². The molecule has 1 aromatic heterocycles. The van der Waals surface area contributed by atoms with Gasteiger partial charge in [0.2, 0.25) is 5.95 Å². The molecule has 3 N–H and O–H groups in total. The summed E-state index contributed by atoms with van der Waals surface area (Å²) < 4.78 is 0. The van der Waals surface area contributed by atoms with E-state index in [1.807, 2.05) is 6.07 Å². The van der Waals surface area contributed by atoms with Crippen LogP contribution in [-0.2, 0) is 19.0 Å². The Morgan fingerprint density at radius 1 is 0.641 bits per heavy atom. The largest absolute Gasteiger partial charge is 1.00 e. The first-order chi connectivity index (χ1) is 18.7. The summed E-state index contributed by atoms with van der Waals surface area (Å²) in [4.78, 5) is 20.8. The van der Waals surface area contributed by atoms with Crippen LogP contribution in [0.4, 0.5) is 5.95 Å². The summed E-state index contributed by atoms with van der Waals surface area (Å²) >= 11 is 0. The summed E-state index contributed by atoms with van der Waals surface area (Å²) in [5.41, 5.74) is 8.88. The van der Waals surface area contributed by atoms with E-state index in [0.29, 0.717) is 12.6 Å². The monoisotopic (exact) mass is 597 g/mol. The summed E-state index contributed by atoms with van der Waals surface area (Å²) in [6, 6.07) is 42.5. The highest BCUT2D eigenvalue weighted by Gasteiger charge is 2.46. The highest BCUT2D eigenvalue weighted by molar-refractivity contribution is 7.95. The first-order valence-corrected chi connectivity index (χ1v) is 15.1. The Balaban J connectivity index is 0.00000353. The number of benzene rings is 4. The van der Waals surface area contributed by atoms with Crippen molar-refractivity contribution < 1.29 is 17.0 Å². The van der Waals surface area contributed by atoms with Crippen molar-refractivity contribution in [2.75, 3.05) is 5.73 Å². The SMILES string of the molecule is Nc1nc(C[P+](c2ccccc2)(c2ccccc2)c2ccccc2)c(CCCCc2ccccc2)c(=O)[nH]1.[Br-]. The molecule has 0 aliphatic carbocycles. The van der Waals surface area contributed by atoms with Crippen molar-refractivity contribution >= 4 is 29.1 Å². The molecule has 0 saturated carbocycles. The van der Waals surface area contributed by atoms with Gasteiger partial charge in [-0.3, -0.25) is 9.78 Å². The average molecular weight is 599 g/mol. The fourth-order valence-electron chi connectivity index (χ4n) is 5.22. The number of halogens is 1. The lowest BCUT2D eigenvalue weighted by Crippen LogP contribution is -3.00. The average Bonchev–Trinajstić information content (AvgIpc) is 2.97. The van der Waals surface area contributed by atoms with Gasteiger partial charge in [-0.1, -0.05) is 84.9 Å². The number of anilines is 1. The van der Waals surface area contributed by atoms with Gasteiger partial charge in [-0.25, -0.2) is 4.98 Å². The van der Waals surface area contributed by atoms with Crippen molar-refractivity contribution in [2.45, 2.75) is 31.8 Å². The molecule has 0 unspecified atom stereocenters. The number of nitrogens with zero attached hydrogens (tertiary/aromatic N) is 1. The summed E-state index contributed by atoms with van der Waals surface area (Å²) in [6.45, 7) is 0. The van der Waals surface area contributed by atoms with Gasteiger partial charge in [0, 0.05) is 5.56 Å². The Morgan fingerprint density at radius 2 is 1.08 bits per heavy atom. The molecule has 5 aromatic rings. The Bertz CT molecular complexity index is 1410. The Morgan fingerprint density at radius 3 is 1.56 bits per heavy atom. The zero-order chi connectivity index (χ0) is 26.2. The van der Waals surface area contributed by atoms with Crippen LogP contribution in [0.1, 0.15) is 29.7 Å². The van der Waals surface area contributed by atoms with Crippen LogP contribution in [0.2, 0.25) is 0 Å². The molecule has 1 heterocycles. The van der Waals surface area contributed by atoms with Crippen LogP contribution in [0.15, 0.2) is 126 Å². The number of H-pyrrole nitrogens is 1. The molecule has 5 rings (SSSR count). The molecular weight excluding hydrogens is 565 g/mol. The first-order valence-electron chi connectivity index (χ1n) is 13.1. The lowest BCUT2D eigenvalue weighted by atomic mass is 10.0. The fraction of sp³-hybridized carbons (Fsp3) is 0.152. The molecule has 0 aliphatic rings. The third kappa shape index (κ3) is 6.55. The van der Waals surface area contributed by atoms with Crippen LogP contribution < -0.4 is 44.2 Å². The number of hydrogen-bond acceptors (Lipinski definition) is 3. The maximum Gasteiger partial charge on any atom is 0.255 e. The molecule has 39 heavy (non-hydrogen) atoms. The minimum absolute atomic E-state index is 0. The predicted octanol–water partition coefficient (Wildman–Crippen LogP) is 2.42. The van der Waals surface area contributed by atoms with E-state index in [1.165, 1.54) is 21.5 Å². The van der Waals surface area contributed by atoms with Crippen molar-refractivity contribution in [2.24, 2.45) is 0 Å². The third-order valence-electron chi connectivity index (χ3n) is 7.08. The van der Waals surface area contributed by atoms with E-state index in [1.54, 1.807) is 0 Å². The molecule has 0 radical (unpaired) electrons. The van der Waals surface area contributed by atoms with Crippen LogP contribution in [0.25, 0.3) is 0 Å². The van der Waals surface area contributed by atoms with E-state index in [9.17, 15) is 4.79 Å². The smallest absolute Gasteiger partial charge is 0.255 e. The molecule has 0 saturated heterocycles. The van der Waals surface area contributed by atoms with Gasteiger partial charge in [0.15, 0.2) is 0 Å². The number of nitrogen functional groups attached to an aromatic ring is 1. The number of nitrogens with two attached hydrogens (primary N) is 1. The van der Waals surface area contributed by atoms with Gasteiger partial charge in [0.25, 0.3) is 5.56 Å². The maximum atomic E-state index is 13.3. The van der Waals surface area contributed by atoms with Gasteiger partial charge in [-0.15, -0.1) is 0 Å². The summed E-state index contributed by atoms with van der Waals surface area (Å²) in [6.07, 6.45) is 4.20. The minimum atomic E-state index is -2.20. The van der Waals surface area contributed by atoms with Gasteiger partial charge in [-0.05, 0) is 67.6 Å². The molecule has 0 fully saturated rings. The van der Waals surface area contributed by atoms with Crippen molar-refractivity contribution in [3.63, 3.8) is 0 Å². The highest BCUT2D eigenvalue weighted by atomic mass is 79.9. The Hall–Kier alpha value is -3.53. The topological polar surface area (TPSA) is 71.8 Å². The molecule has 0 spiro atoms. The zero-order valence-electron chi connectivity index (χ0n) is 21.8. The molecule has 6 heteroatoms. The second kappa shape index (κ2) is 13.5. The molecule has 0 amide bonds. The second-order valence-electron chi connectivity index (χ2n) is 9.54. The van der Waals surface area contributed by atoms with E-state index < -0.39 is 7.26 Å². The van der Waals surface area contributed by atoms with E-state index in [-0.39, 0.29) is 28.5 Å². The molecule has 198 valence electrons. The van der Waals surface area contributed by atoms with Crippen LogP contribution in [0.5, 0.6) is 0 Å². The number of unbranched alkanes of at least 4 members (excludes halogenated alkanes) is 1. The first kappa shape index (κ1) is 28.5. The zero-order valence-corrected chi connectivity index (χ0v) is 24.3. The number of hydrogen-bond donors (Lipinski definition) is 2. The molecule has 0 atom stereocenters. The second-order valence-corrected chi connectivity index (χ2v) is 13.0. The third-order valence-corrected chi connectivity index (χ3v) is 11.4. The number of aryl methyl sites for hydroxylation is 1.